The summed E-state index contributed by atoms with van der Waals surface area (Å²) in [6.07, 6.45) is 2.64. The number of anilines is 1. The van der Waals surface area contributed by atoms with Crippen molar-refractivity contribution in [3.8, 4) is 6.07 Å². The number of hydrogen-bond acceptors (Lipinski definition) is 4. The number of aromatic nitrogens is 1. The van der Waals surface area contributed by atoms with Crippen LogP contribution in [0.1, 0.15) is 20.3 Å². The van der Waals surface area contributed by atoms with Gasteiger partial charge in [-0.05, 0) is 38.2 Å². The Kier molecular flexibility index (Phi) is 3.98. The van der Waals surface area contributed by atoms with Gasteiger partial charge in [-0.3, -0.25) is 0 Å². The van der Waals surface area contributed by atoms with Gasteiger partial charge in [-0.2, -0.15) is 5.26 Å². The van der Waals surface area contributed by atoms with Crippen molar-refractivity contribution in [3.63, 3.8) is 0 Å². The fourth-order valence-corrected chi connectivity index (χ4v) is 2.10. The first kappa shape index (κ1) is 11.9. The Labute approximate surface area is 94.7 Å². The quantitative estimate of drug-likeness (QED) is 0.794. The van der Waals surface area contributed by atoms with Crippen LogP contribution >= 0.6 is 11.8 Å². The van der Waals surface area contributed by atoms with Gasteiger partial charge in [0.25, 0.3) is 0 Å². The van der Waals surface area contributed by atoms with E-state index in [4.69, 9.17) is 11.0 Å². The predicted octanol–water partition coefficient (Wildman–Crippen LogP) is 2.70. The Balaban J connectivity index is 2.39. The summed E-state index contributed by atoms with van der Waals surface area (Å²) >= 11 is 1.70. The third-order valence-corrected chi connectivity index (χ3v) is 3.04. The summed E-state index contributed by atoms with van der Waals surface area (Å²) in [6.45, 7) is 3.91. The summed E-state index contributed by atoms with van der Waals surface area (Å²) in [5.74, 6) is 1.46. The first-order valence-electron chi connectivity index (χ1n) is 4.79. The van der Waals surface area contributed by atoms with E-state index < -0.39 is 0 Å². The molecule has 1 aromatic heterocycles. The summed E-state index contributed by atoms with van der Waals surface area (Å²) in [5, 5.41) is 8.84. The molecule has 4 heteroatoms. The Hall–Kier alpha value is -1.21. The van der Waals surface area contributed by atoms with Gasteiger partial charge in [0.1, 0.15) is 5.82 Å². The Morgan fingerprint density at radius 2 is 2.27 bits per heavy atom. The van der Waals surface area contributed by atoms with E-state index >= 15 is 0 Å². The van der Waals surface area contributed by atoms with Gasteiger partial charge in [0.05, 0.1) is 11.5 Å². The van der Waals surface area contributed by atoms with Crippen LogP contribution in [-0.4, -0.2) is 10.7 Å². The zero-order chi connectivity index (χ0) is 11.3. The van der Waals surface area contributed by atoms with Crippen LogP contribution in [0.15, 0.2) is 23.2 Å². The molecule has 0 aliphatic rings. The number of nitriles is 1. The van der Waals surface area contributed by atoms with Gasteiger partial charge in [0, 0.05) is 11.1 Å². The Morgan fingerprint density at radius 3 is 2.80 bits per heavy atom. The number of rotatable bonds is 4. The summed E-state index contributed by atoms with van der Waals surface area (Å²) < 4.78 is 0. The van der Waals surface area contributed by atoms with Gasteiger partial charge < -0.3 is 5.73 Å². The molecule has 2 N–H and O–H groups in total. The maximum Gasteiger partial charge on any atom is 0.123 e. The molecule has 0 bridgehead atoms. The lowest BCUT2D eigenvalue weighted by atomic mass is 9.93. The fourth-order valence-electron chi connectivity index (χ4n) is 0.957. The van der Waals surface area contributed by atoms with E-state index in [0.29, 0.717) is 5.82 Å². The number of thioether (sulfide) groups is 1. The Morgan fingerprint density at radius 1 is 1.53 bits per heavy atom. The standard InChI is InChI=1S/C11H15N3S/c1-11(2,8-12)5-6-15-9-3-4-10(13)14-7-9/h3-4,7H,5-6H2,1-2H3,(H2,13,14). The maximum atomic E-state index is 8.84. The number of nitrogen functional groups attached to an aromatic ring is 1. The van der Waals surface area contributed by atoms with Crippen molar-refractivity contribution in [2.75, 3.05) is 11.5 Å². The molecule has 0 aliphatic heterocycles. The zero-order valence-electron chi connectivity index (χ0n) is 9.03. The molecule has 0 saturated carbocycles. The van der Waals surface area contributed by atoms with Gasteiger partial charge >= 0.3 is 0 Å². The van der Waals surface area contributed by atoms with Gasteiger partial charge in [0.2, 0.25) is 0 Å². The molecule has 1 aromatic rings. The average Bonchev–Trinajstić information content (AvgIpc) is 2.21. The lowest BCUT2D eigenvalue weighted by Crippen LogP contribution is -2.08. The fraction of sp³-hybridized carbons (Fsp3) is 0.455. The first-order chi connectivity index (χ1) is 7.03. The molecule has 1 rings (SSSR count). The number of hydrogen-bond donors (Lipinski definition) is 1. The normalized spacial score (nSPS) is 11.0. The van der Waals surface area contributed by atoms with E-state index in [1.54, 1.807) is 24.0 Å². The molecule has 0 fully saturated rings. The molecule has 0 unspecified atom stereocenters. The molecule has 0 atom stereocenters. The SMILES string of the molecule is CC(C)(C#N)CCSc1ccc(N)nc1. The summed E-state index contributed by atoms with van der Waals surface area (Å²) in [4.78, 5) is 5.10. The third-order valence-electron chi connectivity index (χ3n) is 2.06. The van der Waals surface area contributed by atoms with Crippen molar-refractivity contribution in [1.82, 2.24) is 4.98 Å². The number of nitrogens with two attached hydrogens (primary N) is 1. The monoisotopic (exact) mass is 221 g/mol. The third kappa shape index (κ3) is 4.22. The van der Waals surface area contributed by atoms with Crippen LogP contribution in [0.2, 0.25) is 0 Å². The molecule has 80 valence electrons. The van der Waals surface area contributed by atoms with Crippen molar-refractivity contribution in [3.05, 3.63) is 18.3 Å². The minimum absolute atomic E-state index is 0.242. The topological polar surface area (TPSA) is 62.7 Å². The molecule has 0 aromatic carbocycles. The zero-order valence-corrected chi connectivity index (χ0v) is 9.84. The molecule has 0 saturated heterocycles. The van der Waals surface area contributed by atoms with E-state index in [0.717, 1.165) is 17.1 Å². The lowest BCUT2D eigenvalue weighted by molar-refractivity contribution is 0.482. The van der Waals surface area contributed by atoms with Crippen LogP contribution in [-0.2, 0) is 0 Å². The molecule has 3 nitrogen and oxygen atoms in total. The van der Waals surface area contributed by atoms with Gasteiger partial charge in [-0.1, -0.05) is 0 Å². The van der Waals surface area contributed by atoms with Crippen LogP contribution in [0.25, 0.3) is 0 Å². The summed E-state index contributed by atoms with van der Waals surface area (Å²) in [7, 11) is 0. The second kappa shape index (κ2) is 5.04. The van der Waals surface area contributed by atoms with Crippen molar-refractivity contribution in [2.24, 2.45) is 5.41 Å². The second-order valence-corrected chi connectivity index (χ2v) is 5.18. The van der Waals surface area contributed by atoms with Gasteiger partial charge in [0.15, 0.2) is 0 Å². The summed E-state index contributed by atoms with van der Waals surface area (Å²) in [5.41, 5.74) is 5.24. The molecule has 0 amide bonds. The number of nitrogens with zero attached hydrogens (tertiary/aromatic N) is 2. The van der Waals surface area contributed by atoms with E-state index in [1.807, 2.05) is 19.9 Å². The van der Waals surface area contributed by atoms with E-state index in [1.165, 1.54) is 0 Å². The van der Waals surface area contributed by atoms with Crippen LogP contribution in [0.5, 0.6) is 0 Å². The van der Waals surface area contributed by atoms with Crippen LogP contribution < -0.4 is 5.73 Å². The van der Waals surface area contributed by atoms with Crippen LogP contribution in [0.3, 0.4) is 0 Å². The number of pyridine rings is 1. The molecular formula is C11H15N3S. The highest BCUT2D eigenvalue weighted by Gasteiger charge is 2.15. The lowest BCUT2D eigenvalue weighted by Gasteiger charge is -2.13. The van der Waals surface area contributed by atoms with E-state index in [-0.39, 0.29) is 5.41 Å². The molecule has 15 heavy (non-hydrogen) atoms. The van der Waals surface area contributed by atoms with Crippen molar-refractivity contribution < 1.29 is 0 Å². The molecule has 0 spiro atoms. The first-order valence-corrected chi connectivity index (χ1v) is 5.78. The molecular weight excluding hydrogens is 206 g/mol. The summed E-state index contributed by atoms with van der Waals surface area (Å²) in [6, 6.07) is 6.03. The predicted molar refractivity (Wildman–Crippen MR) is 63.4 cm³/mol. The molecule has 0 radical (unpaired) electrons. The van der Waals surface area contributed by atoms with Crippen LogP contribution in [0, 0.1) is 16.7 Å². The van der Waals surface area contributed by atoms with Crippen molar-refractivity contribution in [1.29, 1.82) is 5.26 Å². The van der Waals surface area contributed by atoms with E-state index in [9.17, 15) is 0 Å². The highest BCUT2D eigenvalue weighted by molar-refractivity contribution is 7.99. The molecule has 0 aliphatic carbocycles. The highest BCUT2D eigenvalue weighted by Crippen LogP contribution is 2.25. The smallest absolute Gasteiger partial charge is 0.123 e. The largest absolute Gasteiger partial charge is 0.384 e. The van der Waals surface area contributed by atoms with Gasteiger partial charge in [-0.25, -0.2) is 4.98 Å². The maximum absolute atomic E-state index is 8.84. The molecule has 1 heterocycles. The van der Waals surface area contributed by atoms with Crippen LogP contribution in [0.4, 0.5) is 5.82 Å². The van der Waals surface area contributed by atoms with Crippen molar-refractivity contribution >= 4 is 17.6 Å². The second-order valence-electron chi connectivity index (χ2n) is 4.01. The highest BCUT2D eigenvalue weighted by atomic mass is 32.2. The Bertz CT molecular complexity index is 351. The average molecular weight is 221 g/mol. The van der Waals surface area contributed by atoms with Gasteiger partial charge in [-0.15, -0.1) is 11.8 Å². The van der Waals surface area contributed by atoms with E-state index in [2.05, 4.69) is 11.1 Å². The minimum Gasteiger partial charge on any atom is -0.384 e. The van der Waals surface area contributed by atoms with Crippen molar-refractivity contribution in [2.45, 2.75) is 25.2 Å². The minimum atomic E-state index is -0.242.